The lowest BCUT2D eigenvalue weighted by Gasteiger charge is -2.47. The van der Waals surface area contributed by atoms with E-state index in [0.29, 0.717) is 23.7 Å². The number of nitrogens with zero attached hydrogens (tertiary/aromatic N) is 1. The van der Waals surface area contributed by atoms with Crippen molar-refractivity contribution in [2.45, 2.75) is 31.0 Å². The van der Waals surface area contributed by atoms with Crippen molar-refractivity contribution in [1.82, 2.24) is 10.2 Å². The van der Waals surface area contributed by atoms with Crippen molar-refractivity contribution in [2.75, 3.05) is 34.0 Å². The predicted octanol–water partition coefficient (Wildman–Crippen LogP) is 3.01. The summed E-state index contributed by atoms with van der Waals surface area (Å²) >= 11 is 0. The van der Waals surface area contributed by atoms with Gasteiger partial charge >= 0.3 is 0 Å². The number of hydrogen-bond donors (Lipinski definition) is 2. The Bertz CT molecular complexity index is 928. The fourth-order valence-corrected chi connectivity index (χ4v) is 4.76. The van der Waals surface area contributed by atoms with E-state index in [-0.39, 0.29) is 18.5 Å². The third-order valence-corrected chi connectivity index (χ3v) is 6.27. The van der Waals surface area contributed by atoms with E-state index < -0.39 is 5.85 Å². The third kappa shape index (κ3) is 2.88. The average molecular weight is 398 g/mol. The first-order chi connectivity index (χ1) is 14.1. The SMILES string of the molecule is CNC1(N2CCCC2)CC(c2cccc(OC)c2O)c2cc3c(cc2O1)OCO3. The van der Waals surface area contributed by atoms with Crippen molar-refractivity contribution < 1.29 is 24.1 Å². The fourth-order valence-electron chi connectivity index (χ4n) is 4.76. The van der Waals surface area contributed by atoms with E-state index in [1.807, 2.05) is 31.3 Å². The second-order valence-corrected chi connectivity index (χ2v) is 7.73. The number of phenols is 1. The van der Waals surface area contributed by atoms with Gasteiger partial charge in [0, 0.05) is 42.6 Å². The quantitative estimate of drug-likeness (QED) is 0.820. The molecule has 2 aromatic carbocycles. The van der Waals surface area contributed by atoms with Gasteiger partial charge in [-0.15, -0.1) is 0 Å². The lowest BCUT2D eigenvalue weighted by atomic mass is 9.82. The van der Waals surface area contributed by atoms with E-state index in [2.05, 4.69) is 10.2 Å². The van der Waals surface area contributed by atoms with Gasteiger partial charge in [-0.1, -0.05) is 12.1 Å². The summed E-state index contributed by atoms with van der Waals surface area (Å²) < 4.78 is 23.2. The fraction of sp³-hybridized carbons (Fsp3) is 0.455. The highest BCUT2D eigenvalue weighted by Gasteiger charge is 2.47. The van der Waals surface area contributed by atoms with Crippen LogP contribution in [-0.4, -0.2) is 49.9 Å². The van der Waals surface area contributed by atoms with Crippen molar-refractivity contribution in [2.24, 2.45) is 0 Å². The molecule has 1 fully saturated rings. The van der Waals surface area contributed by atoms with Crippen LogP contribution in [0.5, 0.6) is 28.7 Å². The molecule has 2 unspecified atom stereocenters. The smallest absolute Gasteiger partial charge is 0.231 e. The highest BCUT2D eigenvalue weighted by Crippen LogP contribution is 2.52. The topological polar surface area (TPSA) is 72.4 Å². The summed E-state index contributed by atoms with van der Waals surface area (Å²) in [7, 11) is 3.50. The molecule has 154 valence electrons. The maximum absolute atomic E-state index is 10.9. The van der Waals surface area contributed by atoms with Gasteiger partial charge in [0.2, 0.25) is 12.6 Å². The maximum atomic E-state index is 10.9. The molecule has 3 aliphatic heterocycles. The monoisotopic (exact) mass is 398 g/mol. The number of rotatable bonds is 4. The molecule has 0 saturated carbocycles. The third-order valence-electron chi connectivity index (χ3n) is 6.27. The molecule has 0 radical (unpaired) electrons. The van der Waals surface area contributed by atoms with Crippen LogP contribution in [0.25, 0.3) is 0 Å². The van der Waals surface area contributed by atoms with Gasteiger partial charge in [-0.3, -0.25) is 10.2 Å². The van der Waals surface area contributed by atoms with E-state index in [4.69, 9.17) is 18.9 Å². The van der Waals surface area contributed by atoms with Crippen LogP contribution in [0, 0.1) is 0 Å². The van der Waals surface area contributed by atoms with Crippen molar-refractivity contribution in [1.29, 1.82) is 0 Å². The predicted molar refractivity (Wildman–Crippen MR) is 107 cm³/mol. The molecule has 0 bridgehead atoms. The van der Waals surface area contributed by atoms with Crippen molar-refractivity contribution >= 4 is 0 Å². The molecule has 2 atom stereocenters. The van der Waals surface area contributed by atoms with Crippen molar-refractivity contribution in [3.05, 3.63) is 41.5 Å². The van der Waals surface area contributed by atoms with Gasteiger partial charge in [-0.25, -0.2) is 0 Å². The Hall–Kier alpha value is -2.64. The number of phenolic OH excluding ortho intramolecular Hbond substituents is 1. The zero-order valence-electron chi connectivity index (χ0n) is 16.7. The zero-order valence-corrected chi connectivity index (χ0v) is 16.7. The van der Waals surface area contributed by atoms with E-state index in [0.717, 1.165) is 42.8 Å². The van der Waals surface area contributed by atoms with Gasteiger partial charge in [0.25, 0.3) is 0 Å². The van der Waals surface area contributed by atoms with Crippen LogP contribution in [0.15, 0.2) is 30.3 Å². The first-order valence-corrected chi connectivity index (χ1v) is 10.1. The molecule has 29 heavy (non-hydrogen) atoms. The minimum absolute atomic E-state index is 0.101. The van der Waals surface area contributed by atoms with Crippen molar-refractivity contribution in [3.8, 4) is 28.7 Å². The molecular formula is C22H26N2O5. The summed E-state index contributed by atoms with van der Waals surface area (Å²) in [5, 5.41) is 14.3. The van der Waals surface area contributed by atoms with Gasteiger partial charge in [-0.2, -0.15) is 0 Å². The lowest BCUT2D eigenvalue weighted by Crippen LogP contribution is -2.63. The summed E-state index contributed by atoms with van der Waals surface area (Å²) in [5.74, 6) is 2.01. The van der Waals surface area contributed by atoms with Gasteiger partial charge in [0.05, 0.1) is 7.11 Å². The summed E-state index contributed by atoms with van der Waals surface area (Å²) in [6.45, 7) is 2.14. The Morgan fingerprint density at radius 1 is 1.10 bits per heavy atom. The highest BCUT2D eigenvalue weighted by atomic mass is 16.7. The number of fused-ring (bicyclic) bond motifs is 2. The summed E-state index contributed by atoms with van der Waals surface area (Å²) in [5.41, 5.74) is 1.79. The first-order valence-electron chi connectivity index (χ1n) is 10.1. The molecule has 3 aliphatic rings. The molecule has 0 amide bonds. The minimum Gasteiger partial charge on any atom is -0.504 e. The Morgan fingerprint density at radius 3 is 2.59 bits per heavy atom. The Morgan fingerprint density at radius 2 is 1.86 bits per heavy atom. The molecule has 7 heteroatoms. The number of likely N-dealkylation sites (tertiary alicyclic amines) is 1. The molecule has 5 rings (SSSR count). The summed E-state index contributed by atoms with van der Waals surface area (Å²) in [4.78, 5) is 2.35. The number of methoxy groups -OCH3 is 1. The van der Waals surface area contributed by atoms with Crippen LogP contribution in [-0.2, 0) is 0 Å². The second-order valence-electron chi connectivity index (χ2n) is 7.73. The second kappa shape index (κ2) is 7.00. The van der Waals surface area contributed by atoms with Crippen LogP contribution in [0.1, 0.15) is 36.3 Å². The number of para-hydroxylation sites is 1. The lowest BCUT2D eigenvalue weighted by molar-refractivity contribution is -0.114. The standard InChI is InChI=1S/C22H26N2O5/c1-23-22(24-8-3-4-9-24)12-16(14-6-5-7-17(26-2)21(14)25)15-10-19-20(28-13-27-19)11-18(15)29-22/h5-7,10-11,16,23,25H,3-4,8-9,12-13H2,1-2H3. The van der Waals surface area contributed by atoms with E-state index in [9.17, 15) is 5.11 Å². The van der Waals surface area contributed by atoms with Crippen LogP contribution in [0.4, 0.5) is 0 Å². The number of hydrogen-bond acceptors (Lipinski definition) is 7. The number of ether oxygens (including phenoxy) is 4. The van der Waals surface area contributed by atoms with Gasteiger partial charge < -0.3 is 24.1 Å². The molecule has 0 aromatic heterocycles. The minimum atomic E-state index is -0.655. The van der Waals surface area contributed by atoms with E-state index in [1.54, 1.807) is 13.2 Å². The maximum Gasteiger partial charge on any atom is 0.231 e. The number of nitrogens with one attached hydrogen (secondary N) is 1. The normalized spacial score (nSPS) is 25.5. The van der Waals surface area contributed by atoms with Gasteiger partial charge in [0.15, 0.2) is 23.0 Å². The largest absolute Gasteiger partial charge is 0.504 e. The molecule has 0 spiro atoms. The van der Waals surface area contributed by atoms with E-state index in [1.165, 1.54) is 0 Å². The van der Waals surface area contributed by atoms with Crippen LogP contribution >= 0.6 is 0 Å². The Balaban J connectivity index is 1.67. The Labute approximate surface area is 170 Å². The van der Waals surface area contributed by atoms with Crippen LogP contribution < -0.4 is 24.3 Å². The number of aromatic hydroxyl groups is 1. The van der Waals surface area contributed by atoms with Crippen LogP contribution in [0.2, 0.25) is 0 Å². The Kier molecular flexibility index (Phi) is 4.44. The highest BCUT2D eigenvalue weighted by molar-refractivity contribution is 5.58. The van der Waals surface area contributed by atoms with Crippen LogP contribution in [0.3, 0.4) is 0 Å². The van der Waals surface area contributed by atoms with E-state index >= 15 is 0 Å². The summed E-state index contributed by atoms with van der Waals surface area (Å²) in [6, 6.07) is 9.51. The molecule has 1 saturated heterocycles. The molecule has 2 aromatic rings. The van der Waals surface area contributed by atoms with Gasteiger partial charge in [0.1, 0.15) is 5.75 Å². The first kappa shape index (κ1) is 18.4. The van der Waals surface area contributed by atoms with Crippen molar-refractivity contribution in [3.63, 3.8) is 0 Å². The summed E-state index contributed by atoms with van der Waals surface area (Å²) in [6.07, 6.45) is 2.95. The molecular weight excluding hydrogens is 372 g/mol. The van der Waals surface area contributed by atoms with Gasteiger partial charge in [-0.05, 0) is 32.0 Å². The molecule has 0 aliphatic carbocycles. The number of benzene rings is 2. The molecule has 2 N–H and O–H groups in total. The average Bonchev–Trinajstić information content (AvgIpc) is 3.43. The molecule has 7 nitrogen and oxygen atoms in total. The molecule has 3 heterocycles. The zero-order chi connectivity index (χ0) is 20.0.